The Balaban J connectivity index is 2.87. The van der Waals surface area contributed by atoms with Gasteiger partial charge in [-0.3, -0.25) is 0 Å². The van der Waals surface area contributed by atoms with Gasteiger partial charge in [-0.1, -0.05) is 6.92 Å². The van der Waals surface area contributed by atoms with Crippen LogP contribution in [0.1, 0.15) is 43.2 Å². The summed E-state index contributed by atoms with van der Waals surface area (Å²) in [5, 5.41) is 1.29. The van der Waals surface area contributed by atoms with Gasteiger partial charge >= 0.3 is 5.97 Å². The fraction of sp³-hybridized carbons (Fsp3) is 0.600. The van der Waals surface area contributed by atoms with Crippen molar-refractivity contribution in [2.45, 2.75) is 39.7 Å². The van der Waals surface area contributed by atoms with Crippen molar-refractivity contribution in [2.75, 3.05) is 5.73 Å². The van der Waals surface area contributed by atoms with Gasteiger partial charge in [0.25, 0.3) is 0 Å². The number of rotatable bonds is 2. The zero-order valence-corrected chi connectivity index (χ0v) is 10.3. The Labute approximate surface area is 93.5 Å². The average molecular weight is 228 g/mol. The number of nitrogen functional groups attached to an aromatic ring is 1. The number of aromatic nitrogens is 1. The van der Waals surface area contributed by atoms with E-state index in [-0.39, 0.29) is 5.69 Å². The lowest BCUT2D eigenvalue weighted by atomic mass is 10.2. The number of nitrogens with zero attached hydrogens (tertiary/aromatic N) is 1. The molecule has 4 nitrogen and oxygen atoms in total. The molecule has 2 N–H and O–H groups in total. The molecule has 0 saturated carbocycles. The number of nitrogens with two attached hydrogens (primary N) is 1. The fourth-order valence-electron chi connectivity index (χ4n) is 1.00. The first kappa shape index (κ1) is 12.0. The Bertz CT molecular complexity index is 366. The number of ether oxygens (including phenoxy) is 1. The zero-order chi connectivity index (χ0) is 11.6. The number of carbonyl (C=O) groups excluding carboxylic acids is 1. The minimum Gasteiger partial charge on any atom is -0.455 e. The highest BCUT2D eigenvalue weighted by atomic mass is 32.1. The quantitative estimate of drug-likeness (QED) is 0.788. The largest absolute Gasteiger partial charge is 0.455 e. The summed E-state index contributed by atoms with van der Waals surface area (Å²) in [4.78, 5) is 15.8. The van der Waals surface area contributed by atoms with Crippen molar-refractivity contribution in [3.05, 3.63) is 10.7 Å². The maximum atomic E-state index is 11.7. The number of hydrogen-bond donors (Lipinski definition) is 1. The molecule has 0 bridgehead atoms. The van der Waals surface area contributed by atoms with Crippen LogP contribution in [0.2, 0.25) is 0 Å². The first-order chi connectivity index (χ1) is 6.83. The standard InChI is InChI=1S/C10H16N2O2S/c1-5-6-12-7(8(11)15-6)9(13)14-10(2,3)4/h5,11H2,1-4H3. The molecule has 1 rings (SSSR count). The van der Waals surface area contributed by atoms with Crippen molar-refractivity contribution in [3.8, 4) is 0 Å². The molecule has 15 heavy (non-hydrogen) atoms. The molecule has 1 aromatic heterocycles. The zero-order valence-electron chi connectivity index (χ0n) is 9.46. The van der Waals surface area contributed by atoms with Crippen LogP contribution in [0.15, 0.2) is 0 Å². The van der Waals surface area contributed by atoms with Crippen LogP contribution in [0.3, 0.4) is 0 Å². The lowest BCUT2D eigenvalue weighted by molar-refractivity contribution is 0.00648. The highest BCUT2D eigenvalue weighted by Gasteiger charge is 2.22. The summed E-state index contributed by atoms with van der Waals surface area (Å²) < 4.78 is 5.19. The van der Waals surface area contributed by atoms with Crippen molar-refractivity contribution in [2.24, 2.45) is 0 Å². The second-order valence-electron chi connectivity index (χ2n) is 4.18. The van der Waals surface area contributed by atoms with Crippen molar-refractivity contribution in [3.63, 3.8) is 0 Å². The molecule has 1 heterocycles. The van der Waals surface area contributed by atoms with Gasteiger partial charge < -0.3 is 10.5 Å². The van der Waals surface area contributed by atoms with Crippen LogP contribution >= 0.6 is 11.3 Å². The maximum absolute atomic E-state index is 11.7. The summed E-state index contributed by atoms with van der Waals surface area (Å²) in [5.41, 5.74) is 5.42. The van der Waals surface area contributed by atoms with Gasteiger partial charge in [0.1, 0.15) is 10.6 Å². The van der Waals surface area contributed by atoms with Crippen molar-refractivity contribution < 1.29 is 9.53 Å². The molecule has 0 aliphatic heterocycles. The van der Waals surface area contributed by atoms with E-state index in [1.54, 1.807) is 0 Å². The van der Waals surface area contributed by atoms with E-state index in [0.717, 1.165) is 11.4 Å². The van der Waals surface area contributed by atoms with Gasteiger partial charge in [0.05, 0.1) is 5.01 Å². The molecule has 0 unspecified atom stereocenters. The Morgan fingerprint density at radius 2 is 2.13 bits per heavy atom. The van der Waals surface area contributed by atoms with Crippen LogP contribution in [0.25, 0.3) is 0 Å². The molecule has 1 aromatic rings. The van der Waals surface area contributed by atoms with Gasteiger partial charge in [-0.05, 0) is 27.2 Å². The van der Waals surface area contributed by atoms with E-state index in [1.807, 2.05) is 27.7 Å². The molecule has 0 aliphatic rings. The van der Waals surface area contributed by atoms with Crippen LogP contribution in [-0.2, 0) is 11.2 Å². The molecular weight excluding hydrogens is 212 g/mol. The molecule has 0 spiro atoms. The van der Waals surface area contributed by atoms with Crippen LogP contribution in [-0.4, -0.2) is 16.6 Å². The van der Waals surface area contributed by atoms with E-state index in [9.17, 15) is 4.79 Å². The molecule has 84 valence electrons. The molecule has 0 saturated heterocycles. The summed E-state index contributed by atoms with van der Waals surface area (Å²) in [6, 6.07) is 0. The number of anilines is 1. The second kappa shape index (κ2) is 4.18. The number of aryl methyl sites for hydroxylation is 1. The van der Waals surface area contributed by atoms with Crippen LogP contribution < -0.4 is 5.73 Å². The van der Waals surface area contributed by atoms with E-state index < -0.39 is 11.6 Å². The van der Waals surface area contributed by atoms with Crippen LogP contribution in [0, 0.1) is 0 Å². The molecule has 0 aromatic carbocycles. The predicted octanol–water partition coefficient (Wildman–Crippen LogP) is 2.24. The highest BCUT2D eigenvalue weighted by Crippen LogP contribution is 2.23. The van der Waals surface area contributed by atoms with E-state index in [4.69, 9.17) is 10.5 Å². The van der Waals surface area contributed by atoms with Gasteiger partial charge in [0.15, 0.2) is 5.69 Å². The lowest BCUT2D eigenvalue weighted by Crippen LogP contribution is -2.24. The topological polar surface area (TPSA) is 65.2 Å². The van der Waals surface area contributed by atoms with Gasteiger partial charge in [-0.2, -0.15) is 0 Å². The molecule has 0 atom stereocenters. The Kier molecular flexibility index (Phi) is 3.34. The number of carbonyl (C=O) groups is 1. The minimum absolute atomic E-state index is 0.242. The van der Waals surface area contributed by atoms with Gasteiger partial charge in [-0.25, -0.2) is 9.78 Å². The Morgan fingerprint density at radius 3 is 2.53 bits per heavy atom. The first-order valence-corrected chi connectivity index (χ1v) is 5.63. The van der Waals surface area contributed by atoms with Crippen LogP contribution in [0.5, 0.6) is 0 Å². The monoisotopic (exact) mass is 228 g/mol. The van der Waals surface area contributed by atoms with Crippen molar-refractivity contribution in [1.82, 2.24) is 4.98 Å². The predicted molar refractivity (Wildman–Crippen MR) is 61.1 cm³/mol. The van der Waals surface area contributed by atoms with E-state index >= 15 is 0 Å². The molecular formula is C10H16N2O2S. The second-order valence-corrected chi connectivity index (χ2v) is 5.29. The average Bonchev–Trinajstić information content (AvgIpc) is 2.43. The Morgan fingerprint density at radius 1 is 1.53 bits per heavy atom. The molecule has 5 heteroatoms. The van der Waals surface area contributed by atoms with Crippen LogP contribution in [0.4, 0.5) is 5.00 Å². The Hall–Kier alpha value is -1.10. The third-order valence-electron chi connectivity index (χ3n) is 1.59. The number of thiazole rings is 1. The SMILES string of the molecule is CCc1nc(C(=O)OC(C)(C)C)c(N)s1. The summed E-state index contributed by atoms with van der Waals surface area (Å²) in [6.45, 7) is 7.41. The lowest BCUT2D eigenvalue weighted by Gasteiger charge is -2.18. The smallest absolute Gasteiger partial charge is 0.360 e. The number of esters is 1. The third kappa shape index (κ3) is 3.20. The normalized spacial score (nSPS) is 11.5. The first-order valence-electron chi connectivity index (χ1n) is 4.82. The van der Waals surface area contributed by atoms with E-state index in [2.05, 4.69) is 4.98 Å². The minimum atomic E-state index is -0.514. The maximum Gasteiger partial charge on any atom is 0.360 e. The van der Waals surface area contributed by atoms with Gasteiger partial charge in [-0.15, -0.1) is 11.3 Å². The number of hydrogen-bond acceptors (Lipinski definition) is 5. The summed E-state index contributed by atoms with van der Waals surface area (Å²) in [5.74, 6) is -0.448. The van der Waals surface area contributed by atoms with Crippen molar-refractivity contribution in [1.29, 1.82) is 0 Å². The molecule has 0 amide bonds. The van der Waals surface area contributed by atoms with E-state index in [0.29, 0.717) is 5.00 Å². The fourth-order valence-corrected chi connectivity index (χ4v) is 1.76. The molecule has 0 aliphatic carbocycles. The molecule has 0 fully saturated rings. The van der Waals surface area contributed by atoms with E-state index in [1.165, 1.54) is 11.3 Å². The third-order valence-corrected chi connectivity index (χ3v) is 2.62. The highest BCUT2D eigenvalue weighted by molar-refractivity contribution is 7.15. The van der Waals surface area contributed by atoms with Gasteiger partial charge in [0, 0.05) is 0 Å². The molecule has 0 radical (unpaired) electrons. The van der Waals surface area contributed by atoms with Gasteiger partial charge in [0.2, 0.25) is 0 Å². The summed E-state index contributed by atoms with van der Waals surface area (Å²) in [7, 11) is 0. The summed E-state index contributed by atoms with van der Waals surface area (Å²) >= 11 is 1.33. The van der Waals surface area contributed by atoms with Crippen molar-refractivity contribution >= 4 is 22.3 Å². The summed E-state index contributed by atoms with van der Waals surface area (Å²) in [6.07, 6.45) is 0.775.